The van der Waals surface area contributed by atoms with Crippen molar-refractivity contribution >= 4 is 5.91 Å². The fourth-order valence-corrected chi connectivity index (χ4v) is 12.2. The van der Waals surface area contributed by atoms with E-state index in [-0.39, 0.29) is 12.3 Å². The predicted octanol–water partition coefficient (Wildman–Crippen LogP) is 13.2. The maximum Gasteiger partial charge on any atom is 0.220 e. The lowest BCUT2D eigenvalue weighted by Gasteiger charge is -2.48. The molecule has 19 heteroatoms. The third kappa shape index (κ3) is 42.8. The van der Waals surface area contributed by atoms with Crippen molar-refractivity contribution < 1.29 is 89.4 Å². The molecule has 19 nitrogen and oxygen atoms in total. The average Bonchev–Trinajstić information content (AvgIpc) is 0.783. The van der Waals surface area contributed by atoms with Gasteiger partial charge in [-0.1, -0.05) is 275 Å². The van der Waals surface area contributed by atoms with Gasteiger partial charge in [0.15, 0.2) is 18.9 Å². The Labute approximate surface area is 625 Å². The Morgan fingerprint density at radius 3 is 1.08 bits per heavy atom. The highest BCUT2D eigenvalue weighted by molar-refractivity contribution is 5.76. The second-order valence-corrected chi connectivity index (χ2v) is 27.4. The molecule has 12 N–H and O–H groups in total. The van der Waals surface area contributed by atoms with Crippen molar-refractivity contribution in [2.75, 3.05) is 26.4 Å². The number of nitrogens with one attached hydrogen (secondary N) is 1. The van der Waals surface area contributed by atoms with Gasteiger partial charge in [-0.05, 0) is 116 Å². The molecule has 17 atom stereocenters. The summed E-state index contributed by atoms with van der Waals surface area (Å²) in [6, 6.07) is -1.02. The van der Waals surface area contributed by atoms with Gasteiger partial charge in [-0.25, -0.2) is 0 Å². The number of carbonyl (C=O) groups excluding carboxylic acids is 1. The molecule has 592 valence electrons. The Hall–Kier alpha value is -4.59. The number of rotatable bonds is 60. The maximum absolute atomic E-state index is 13.5. The third-order valence-corrected chi connectivity index (χ3v) is 18.6. The first-order valence-electron chi connectivity index (χ1n) is 39.7. The summed E-state index contributed by atoms with van der Waals surface area (Å²) in [4.78, 5) is 13.5. The molecule has 0 aliphatic carbocycles. The van der Waals surface area contributed by atoms with Crippen LogP contribution in [0.1, 0.15) is 239 Å². The minimum Gasteiger partial charge on any atom is -0.394 e. The summed E-state index contributed by atoms with van der Waals surface area (Å²) >= 11 is 0. The lowest BCUT2D eigenvalue weighted by atomic mass is 9.96. The zero-order valence-electron chi connectivity index (χ0n) is 63.2. The van der Waals surface area contributed by atoms with Gasteiger partial charge in [0.05, 0.1) is 38.6 Å². The summed E-state index contributed by atoms with van der Waals surface area (Å²) in [5, 5.41) is 121. The Morgan fingerprint density at radius 2 is 0.673 bits per heavy atom. The van der Waals surface area contributed by atoms with Crippen LogP contribution in [-0.2, 0) is 33.2 Å². The number of aliphatic hydroxyl groups is 11. The summed E-state index contributed by atoms with van der Waals surface area (Å²) < 4.78 is 34.4. The van der Waals surface area contributed by atoms with E-state index < -0.39 is 131 Å². The number of aliphatic hydroxyl groups excluding tert-OH is 11. The molecular formula is C85H139NO18. The zero-order chi connectivity index (χ0) is 75.3. The normalized spacial score (nSPS) is 26.8. The lowest BCUT2D eigenvalue weighted by molar-refractivity contribution is -0.379. The second-order valence-electron chi connectivity index (χ2n) is 27.4. The highest BCUT2D eigenvalue weighted by Crippen LogP contribution is 2.33. The van der Waals surface area contributed by atoms with Crippen molar-refractivity contribution in [1.29, 1.82) is 0 Å². The molecule has 1 amide bonds. The second kappa shape index (κ2) is 63.3. The zero-order valence-corrected chi connectivity index (χ0v) is 63.2. The van der Waals surface area contributed by atoms with Crippen molar-refractivity contribution in [1.82, 2.24) is 5.32 Å². The van der Waals surface area contributed by atoms with Crippen LogP contribution in [0, 0.1) is 0 Å². The number of unbranched alkanes of at least 4 members (excludes halogenated alkanes) is 20. The van der Waals surface area contributed by atoms with Gasteiger partial charge < -0.3 is 89.9 Å². The molecule has 3 heterocycles. The fraction of sp³-hybridized carbons (Fsp3) is 0.682. The predicted molar refractivity (Wildman–Crippen MR) is 415 cm³/mol. The first-order valence-corrected chi connectivity index (χ1v) is 39.7. The minimum atomic E-state index is -1.99. The van der Waals surface area contributed by atoms with Crippen LogP contribution in [0.2, 0.25) is 0 Å². The van der Waals surface area contributed by atoms with Gasteiger partial charge in [0.2, 0.25) is 5.91 Å². The van der Waals surface area contributed by atoms with Crippen LogP contribution in [0.15, 0.2) is 158 Å². The molecule has 0 aromatic carbocycles. The van der Waals surface area contributed by atoms with E-state index in [1.54, 1.807) is 6.08 Å². The number of ether oxygens (including phenoxy) is 6. The standard InChI is InChI=1S/C85H139NO18/c1-3-5-7-9-11-13-15-17-19-21-23-25-27-28-29-30-31-32-33-34-35-36-37-38-39-40-41-43-45-47-49-51-53-55-57-59-61-63-73(91)86-68(69(90)62-60-58-56-54-52-50-48-46-44-42-26-24-22-20-18-16-14-12-10-8-6-4-2)67-99-83-79(97)76(94)81(71(65-88)101-83)104-85-80(98)77(95)82(72(66-89)102-85)103-84-78(96)75(93)74(92)70(64-87)100-84/h5,7,11,13,17,19,23,25,28-29,31-32,34-35,37-38,40-41,45,47,51-54,60,62,68-72,74-85,87-90,92-98H,3-4,6,8-10,12,14-16,18,20-22,24,26-27,30,33,36,39,42-44,46,48-50,55-59,61,63-67H2,1-2H3,(H,86,91)/b7-5-,13-11-,19-17-,25-23-,29-28-,32-31-,35-34-,38-37-,41-40-,47-45-,53-51-,54-52+,62-60+. The van der Waals surface area contributed by atoms with E-state index >= 15 is 0 Å². The monoisotopic (exact) mass is 1460 g/mol. The van der Waals surface area contributed by atoms with E-state index in [0.29, 0.717) is 12.8 Å². The number of allylic oxidation sites excluding steroid dienone is 25. The van der Waals surface area contributed by atoms with Gasteiger partial charge in [-0.2, -0.15) is 0 Å². The molecule has 3 saturated heterocycles. The Bertz CT molecular complexity index is 2500. The van der Waals surface area contributed by atoms with Crippen LogP contribution < -0.4 is 5.32 Å². The quantitative estimate of drug-likeness (QED) is 0.0199. The van der Waals surface area contributed by atoms with Crippen molar-refractivity contribution in [3.63, 3.8) is 0 Å². The summed E-state index contributed by atoms with van der Waals surface area (Å²) in [6.07, 6.45) is 66.5. The van der Waals surface area contributed by atoms with Gasteiger partial charge in [0.25, 0.3) is 0 Å². The summed E-state index contributed by atoms with van der Waals surface area (Å²) in [7, 11) is 0. The Kier molecular flexibility index (Phi) is 57.0. The largest absolute Gasteiger partial charge is 0.394 e. The smallest absolute Gasteiger partial charge is 0.220 e. The molecule has 3 fully saturated rings. The number of hydrogen-bond donors (Lipinski definition) is 12. The Balaban J connectivity index is 1.40. The van der Waals surface area contributed by atoms with Gasteiger partial charge >= 0.3 is 0 Å². The minimum absolute atomic E-state index is 0.185. The summed E-state index contributed by atoms with van der Waals surface area (Å²) in [5.74, 6) is -0.323. The first kappa shape index (κ1) is 93.6. The molecule has 17 unspecified atom stereocenters. The van der Waals surface area contributed by atoms with E-state index in [1.165, 1.54) is 96.3 Å². The first-order chi connectivity index (χ1) is 50.8. The maximum atomic E-state index is 13.5. The van der Waals surface area contributed by atoms with Crippen LogP contribution in [0.25, 0.3) is 0 Å². The molecular weight excluding hydrogens is 1320 g/mol. The number of amides is 1. The fourth-order valence-electron chi connectivity index (χ4n) is 12.2. The van der Waals surface area contributed by atoms with E-state index in [4.69, 9.17) is 28.4 Å². The lowest BCUT2D eigenvalue weighted by Crippen LogP contribution is -2.66. The molecule has 0 spiro atoms. The molecule has 0 radical (unpaired) electrons. The molecule has 0 aromatic rings. The highest BCUT2D eigenvalue weighted by Gasteiger charge is 2.53. The van der Waals surface area contributed by atoms with Gasteiger partial charge in [0.1, 0.15) is 73.2 Å². The topological polar surface area (TPSA) is 307 Å². The van der Waals surface area contributed by atoms with Crippen LogP contribution in [-0.4, -0.2) is 193 Å². The molecule has 0 bridgehead atoms. The van der Waals surface area contributed by atoms with Gasteiger partial charge in [0, 0.05) is 6.42 Å². The molecule has 3 aliphatic heterocycles. The van der Waals surface area contributed by atoms with E-state index in [9.17, 15) is 61.0 Å². The van der Waals surface area contributed by atoms with E-state index in [2.05, 4.69) is 165 Å². The SMILES string of the molecule is CC/C=C\C/C=C\C/C=C\C/C=C\C/C=C\C/C=C\C/C=C\C/C=C\C/C=C\C/C=C\C/C=C\CCCCCC(=O)NC(COC1OC(CO)C(OC2OC(CO)C(OC3OC(CO)C(O)C(O)C3O)C(O)C2O)C(O)C1O)C(O)/C=C/CC/C=C/CCCCCCCCCCCCCCCCCC. The van der Waals surface area contributed by atoms with Crippen LogP contribution in [0.4, 0.5) is 0 Å². The third-order valence-electron chi connectivity index (χ3n) is 18.6. The van der Waals surface area contributed by atoms with Gasteiger partial charge in [-0.3, -0.25) is 4.79 Å². The molecule has 104 heavy (non-hydrogen) atoms. The molecule has 0 aromatic heterocycles. The highest BCUT2D eigenvalue weighted by atomic mass is 16.8. The van der Waals surface area contributed by atoms with E-state index in [1.807, 2.05) is 6.08 Å². The van der Waals surface area contributed by atoms with Crippen molar-refractivity contribution in [2.24, 2.45) is 0 Å². The van der Waals surface area contributed by atoms with Crippen molar-refractivity contribution in [3.05, 3.63) is 158 Å². The van der Waals surface area contributed by atoms with Gasteiger partial charge in [-0.15, -0.1) is 0 Å². The van der Waals surface area contributed by atoms with Crippen LogP contribution in [0.3, 0.4) is 0 Å². The van der Waals surface area contributed by atoms with Crippen LogP contribution in [0.5, 0.6) is 0 Å². The number of hydrogen-bond acceptors (Lipinski definition) is 18. The van der Waals surface area contributed by atoms with Crippen molar-refractivity contribution in [2.45, 2.75) is 343 Å². The molecule has 3 aliphatic rings. The number of carbonyl (C=O) groups is 1. The molecule has 3 rings (SSSR count). The Morgan fingerprint density at radius 1 is 0.356 bits per heavy atom. The van der Waals surface area contributed by atoms with Crippen LogP contribution >= 0.6 is 0 Å². The summed E-state index contributed by atoms with van der Waals surface area (Å²) in [6.45, 7) is 1.57. The van der Waals surface area contributed by atoms with Crippen molar-refractivity contribution in [3.8, 4) is 0 Å². The van der Waals surface area contributed by atoms with E-state index in [0.717, 1.165) is 109 Å². The molecule has 0 saturated carbocycles. The summed E-state index contributed by atoms with van der Waals surface area (Å²) in [5.41, 5.74) is 0. The average molecular weight is 1460 g/mol.